The summed E-state index contributed by atoms with van der Waals surface area (Å²) in [5, 5.41) is 11.0. The van der Waals surface area contributed by atoms with E-state index in [1.165, 1.54) is 0 Å². The van der Waals surface area contributed by atoms with Gasteiger partial charge in [0.05, 0.1) is 12.6 Å². The second-order valence-corrected chi connectivity index (χ2v) is 5.99. The number of carbonyl (C=O) groups excluding carboxylic acids is 1. The van der Waals surface area contributed by atoms with Gasteiger partial charge >= 0.3 is 0 Å². The fourth-order valence-electron chi connectivity index (χ4n) is 2.67. The zero-order chi connectivity index (χ0) is 16.7. The van der Waals surface area contributed by atoms with Crippen molar-refractivity contribution in [3.05, 3.63) is 12.2 Å². The van der Waals surface area contributed by atoms with Crippen molar-refractivity contribution in [2.45, 2.75) is 25.9 Å². The van der Waals surface area contributed by atoms with Gasteiger partial charge < -0.3 is 19.5 Å². The Labute approximate surface area is 137 Å². The highest BCUT2D eigenvalue weighted by Crippen LogP contribution is 2.05. The van der Waals surface area contributed by atoms with Crippen molar-refractivity contribution in [1.29, 1.82) is 0 Å². The van der Waals surface area contributed by atoms with E-state index >= 15 is 0 Å². The van der Waals surface area contributed by atoms with E-state index in [1.54, 1.807) is 13.4 Å². The fraction of sp³-hybridized carbons (Fsp3) is 0.800. The number of aromatic nitrogens is 3. The number of likely N-dealkylation sites (N-methyl/N-ethyl adjacent to an activating group) is 1. The lowest BCUT2D eigenvalue weighted by molar-refractivity contribution is -0.126. The van der Waals surface area contributed by atoms with Gasteiger partial charge in [-0.25, -0.2) is 0 Å². The Morgan fingerprint density at radius 1 is 1.39 bits per heavy atom. The molecule has 0 aliphatic carbocycles. The Morgan fingerprint density at radius 3 is 2.83 bits per heavy atom. The molecule has 2 heterocycles. The number of hydrogen-bond acceptors (Lipinski definition) is 6. The molecule has 1 unspecified atom stereocenters. The molecule has 0 aromatic carbocycles. The van der Waals surface area contributed by atoms with Crippen LogP contribution < -0.4 is 5.32 Å². The zero-order valence-corrected chi connectivity index (χ0v) is 14.4. The van der Waals surface area contributed by atoms with Crippen LogP contribution in [0.15, 0.2) is 6.33 Å². The predicted molar refractivity (Wildman–Crippen MR) is 87.1 cm³/mol. The van der Waals surface area contributed by atoms with Gasteiger partial charge in [-0.3, -0.25) is 9.69 Å². The van der Waals surface area contributed by atoms with Crippen molar-refractivity contribution in [2.75, 3.05) is 53.5 Å². The molecule has 1 saturated heterocycles. The van der Waals surface area contributed by atoms with Crippen LogP contribution in [0.1, 0.15) is 12.7 Å². The van der Waals surface area contributed by atoms with E-state index in [-0.39, 0.29) is 11.9 Å². The Kier molecular flexibility index (Phi) is 6.94. The van der Waals surface area contributed by atoms with Crippen molar-refractivity contribution in [2.24, 2.45) is 0 Å². The second kappa shape index (κ2) is 8.95. The van der Waals surface area contributed by atoms with Crippen molar-refractivity contribution >= 4 is 5.91 Å². The van der Waals surface area contributed by atoms with Gasteiger partial charge in [0.15, 0.2) is 0 Å². The Balaban J connectivity index is 1.73. The number of piperazine rings is 1. The molecule has 1 fully saturated rings. The maximum atomic E-state index is 12.3. The molecule has 1 aromatic rings. The molecular weight excluding hydrogens is 296 g/mol. The van der Waals surface area contributed by atoms with Crippen LogP contribution in [-0.2, 0) is 22.5 Å². The average molecular weight is 324 g/mol. The molecule has 0 radical (unpaired) electrons. The molecule has 0 spiro atoms. The van der Waals surface area contributed by atoms with Gasteiger partial charge in [0.2, 0.25) is 5.91 Å². The van der Waals surface area contributed by atoms with Crippen molar-refractivity contribution in [3.63, 3.8) is 0 Å². The van der Waals surface area contributed by atoms with Crippen LogP contribution in [0.2, 0.25) is 0 Å². The van der Waals surface area contributed by atoms with E-state index in [2.05, 4.69) is 32.4 Å². The van der Waals surface area contributed by atoms with Gasteiger partial charge in [0.1, 0.15) is 12.2 Å². The lowest BCUT2D eigenvalue weighted by atomic mass is 10.2. The SMILES string of the molecule is COCCn1cnnc1CCNC(=O)C(C)N1CCN(C)CC1. The van der Waals surface area contributed by atoms with Crippen LogP contribution in [0.4, 0.5) is 0 Å². The standard InChI is InChI=1S/C15H28N6O2/c1-13(20-8-6-19(2)7-9-20)15(22)16-5-4-14-18-17-12-21(14)10-11-23-3/h12-13H,4-11H2,1-3H3,(H,16,22). The van der Waals surface area contributed by atoms with Crippen molar-refractivity contribution in [1.82, 2.24) is 29.9 Å². The van der Waals surface area contributed by atoms with Crippen LogP contribution in [-0.4, -0.2) is 90.0 Å². The molecule has 1 aliphatic rings. The minimum absolute atomic E-state index is 0.0810. The minimum Gasteiger partial charge on any atom is -0.383 e. The number of amides is 1. The predicted octanol–water partition coefficient (Wildman–Crippen LogP) is -0.781. The van der Waals surface area contributed by atoms with Crippen LogP contribution in [0, 0.1) is 0 Å². The first kappa shape index (κ1) is 17.8. The fourth-order valence-corrected chi connectivity index (χ4v) is 2.67. The Hall–Kier alpha value is -1.51. The molecule has 2 rings (SSSR count). The number of methoxy groups -OCH3 is 1. The third-order valence-electron chi connectivity index (χ3n) is 4.34. The summed E-state index contributed by atoms with van der Waals surface area (Å²) in [6, 6.07) is -0.0879. The van der Waals surface area contributed by atoms with E-state index in [9.17, 15) is 4.79 Å². The summed E-state index contributed by atoms with van der Waals surface area (Å²) >= 11 is 0. The number of nitrogens with zero attached hydrogens (tertiary/aromatic N) is 5. The maximum Gasteiger partial charge on any atom is 0.237 e. The topological polar surface area (TPSA) is 75.5 Å². The molecule has 1 atom stereocenters. The monoisotopic (exact) mass is 324 g/mol. The van der Waals surface area contributed by atoms with E-state index < -0.39 is 0 Å². The second-order valence-electron chi connectivity index (χ2n) is 5.99. The first-order valence-corrected chi connectivity index (χ1v) is 8.17. The quantitative estimate of drug-likeness (QED) is 0.676. The summed E-state index contributed by atoms with van der Waals surface area (Å²) in [5.41, 5.74) is 0. The van der Waals surface area contributed by atoms with E-state index in [4.69, 9.17) is 4.74 Å². The molecule has 0 saturated carbocycles. The van der Waals surface area contributed by atoms with Crippen molar-refractivity contribution in [3.8, 4) is 0 Å². The van der Waals surface area contributed by atoms with Crippen molar-refractivity contribution < 1.29 is 9.53 Å². The number of ether oxygens (including phenoxy) is 1. The lowest BCUT2D eigenvalue weighted by Crippen LogP contribution is -2.53. The Bertz CT molecular complexity index is 484. The third-order valence-corrected chi connectivity index (χ3v) is 4.34. The molecule has 23 heavy (non-hydrogen) atoms. The molecule has 8 nitrogen and oxygen atoms in total. The molecule has 130 valence electrons. The Morgan fingerprint density at radius 2 is 2.13 bits per heavy atom. The van der Waals surface area contributed by atoms with Gasteiger partial charge in [0, 0.05) is 52.8 Å². The summed E-state index contributed by atoms with van der Waals surface area (Å²) in [7, 11) is 3.78. The van der Waals surface area contributed by atoms with E-state index in [0.717, 1.165) is 38.5 Å². The summed E-state index contributed by atoms with van der Waals surface area (Å²) in [4.78, 5) is 16.8. The average Bonchev–Trinajstić information content (AvgIpc) is 3.00. The van der Waals surface area contributed by atoms with E-state index in [1.807, 2.05) is 11.5 Å². The molecule has 0 bridgehead atoms. The molecule has 1 aliphatic heterocycles. The van der Waals surface area contributed by atoms with Crippen LogP contribution in [0.3, 0.4) is 0 Å². The highest BCUT2D eigenvalue weighted by atomic mass is 16.5. The summed E-state index contributed by atoms with van der Waals surface area (Å²) in [6.45, 7) is 7.81. The van der Waals surface area contributed by atoms with Gasteiger partial charge in [-0.15, -0.1) is 10.2 Å². The molecule has 1 aromatic heterocycles. The minimum atomic E-state index is -0.0879. The normalized spacial score (nSPS) is 18.0. The van der Waals surface area contributed by atoms with Gasteiger partial charge in [-0.1, -0.05) is 0 Å². The summed E-state index contributed by atoms with van der Waals surface area (Å²) in [5.74, 6) is 0.951. The zero-order valence-electron chi connectivity index (χ0n) is 14.4. The lowest BCUT2D eigenvalue weighted by Gasteiger charge is -2.35. The largest absolute Gasteiger partial charge is 0.383 e. The summed E-state index contributed by atoms with van der Waals surface area (Å²) < 4.78 is 7.02. The smallest absolute Gasteiger partial charge is 0.237 e. The first-order valence-electron chi connectivity index (χ1n) is 8.17. The van der Waals surface area contributed by atoms with Crippen LogP contribution in [0.25, 0.3) is 0 Å². The first-order chi connectivity index (χ1) is 11.1. The number of rotatable bonds is 8. The van der Waals surface area contributed by atoms with Crippen LogP contribution >= 0.6 is 0 Å². The molecule has 1 N–H and O–H groups in total. The van der Waals surface area contributed by atoms with Gasteiger partial charge in [0.25, 0.3) is 0 Å². The van der Waals surface area contributed by atoms with Gasteiger partial charge in [-0.05, 0) is 14.0 Å². The maximum absolute atomic E-state index is 12.3. The highest BCUT2D eigenvalue weighted by Gasteiger charge is 2.24. The molecule has 1 amide bonds. The van der Waals surface area contributed by atoms with E-state index in [0.29, 0.717) is 19.6 Å². The number of carbonyl (C=O) groups is 1. The summed E-state index contributed by atoms with van der Waals surface area (Å²) in [6.07, 6.45) is 2.37. The van der Waals surface area contributed by atoms with Crippen LogP contribution in [0.5, 0.6) is 0 Å². The number of hydrogen-bond donors (Lipinski definition) is 1. The highest BCUT2D eigenvalue weighted by molar-refractivity contribution is 5.81. The molecular formula is C15H28N6O2. The number of nitrogens with one attached hydrogen (secondary N) is 1. The van der Waals surface area contributed by atoms with Gasteiger partial charge in [-0.2, -0.15) is 0 Å². The molecule has 8 heteroatoms. The third kappa shape index (κ3) is 5.26.